The zero-order valence-corrected chi connectivity index (χ0v) is 23.1. The van der Waals surface area contributed by atoms with E-state index in [1.807, 2.05) is 44.2 Å². The van der Waals surface area contributed by atoms with Gasteiger partial charge < -0.3 is 19.4 Å². The summed E-state index contributed by atoms with van der Waals surface area (Å²) in [6, 6.07) is 8.49. The summed E-state index contributed by atoms with van der Waals surface area (Å²) in [5, 5.41) is 2.80. The molecule has 1 aliphatic rings. The minimum atomic E-state index is -1.11. The van der Waals surface area contributed by atoms with Crippen LogP contribution < -0.4 is 5.32 Å². The molecule has 39 heavy (non-hydrogen) atoms. The van der Waals surface area contributed by atoms with E-state index >= 15 is 0 Å². The molecule has 3 atom stereocenters. The lowest BCUT2D eigenvalue weighted by molar-refractivity contribution is -0.158. The van der Waals surface area contributed by atoms with Gasteiger partial charge in [-0.15, -0.1) is 0 Å². The molecule has 0 radical (unpaired) electrons. The lowest BCUT2D eigenvalue weighted by atomic mass is 9.65. The van der Waals surface area contributed by atoms with E-state index in [2.05, 4.69) is 15.3 Å². The smallest absolute Gasteiger partial charge is 0.507 e. The number of hydrogen-bond donors (Lipinski definition) is 1. The highest BCUT2D eigenvalue weighted by atomic mass is 16.7. The molecule has 1 aromatic carbocycles. The van der Waals surface area contributed by atoms with Gasteiger partial charge in [0, 0.05) is 24.6 Å². The van der Waals surface area contributed by atoms with Crippen LogP contribution in [0.1, 0.15) is 69.9 Å². The van der Waals surface area contributed by atoms with Crippen LogP contribution in [0, 0.1) is 5.92 Å². The number of nitrogens with zero attached hydrogens (tertiary/aromatic N) is 2. The number of rotatable bonds is 12. The summed E-state index contributed by atoms with van der Waals surface area (Å²) in [6.07, 6.45) is 3.60. The maximum absolute atomic E-state index is 13.6. The number of ketones is 1. The average Bonchev–Trinajstić information content (AvgIpc) is 3.22. The van der Waals surface area contributed by atoms with Crippen molar-refractivity contribution >= 4 is 30.7 Å². The molecule has 1 N–H and O–H groups in total. The summed E-state index contributed by atoms with van der Waals surface area (Å²) in [5.41, 5.74) is 0.270. The fourth-order valence-electron chi connectivity index (χ4n) is 4.35. The van der Waals surface area contributed by atoms with E-state index in [1.54, 1.807) is 20.8 Å². The maximum atomic E-state index is 13.6. The lowest BCUT2D eigenvalue weighted by Gasteiger charge is -2.23. The Hall–Kier alpha value is -3.60. The third-order valence-corrected chi connectivity index (χ3v) is 5.96. The van der Waals surface area contributed by atoms with E-state index < -0.39 is 48.5 Å². The fourth-order valence-corrected chi connectivity index (χ4v) is 4.35. The Bertz CT molecular complexity index is 1140. The largest absolute Gasteiger partial charge is 0.531 e. The van der Waals surface area contributed by atoms with Crippen LogP contribution in [0.2, 0.25) is 5.82 Å². The molecule has 1 aliphatic heterocycles. The van der Waals surface area contributed by atoms with Crippen LogP contribution in [-0.2, 0) is 34.9 Å². The minimum Gasteiger partial charge on any atom is -0.507 e. The molecule has 3 rings (SSSR count). The van der Waals surface area contributed by atoms with E-state index in [1.165, 1.54) is 18.6 Å². The van der Waals surface area contributed by atoms with Crippen molar-refractivity contribution in [3.8, 4) is 0 Å². The van der Waals surface area contributed by atoms with E-state index in [0.29, 0.717) is 6.42 Å². The molecule has 0 bridgehead atoms. The van der Waals surface area contributed by atoms with Gasteiger partial charge in [0.2, 0.25) is 0 Å². The Kier molecular flexibility index (Phi) is 10.3. The minimum absolute atomic E-state index is 0.00642. The van der Waals surface area contributed by atoms with Gasteiger partial charge in [0.15, 0.2) is 11.9 Å². The number of carbonyl (C=O) groups excluding carboxylic acids is 4. The van der Waals surface area contributed by atoms with Crippen LogP contribution in [-0.4, -0.2) is 58.5 Å². The van der Waals surface area contributed by atoms with Gasteiger partial charge in [-0.3, -0.25) is 24.2 Å². The quantitative estimate of drug-likeness (QED) is 0.320. The number of aromatic nitrogens is 2. The molecule has 1 aromatic heterocycles. The molecule has 0 aliphatic carbocycles. The number of amides is 1. The SMILES string of the molecule is CC(C)C[C@H](CC(=O)[C@H](Cc1ccccc1)NC(=O)c1cnccn1)B1OC(=O)[C@H](CC(=O)OC(C)(C)C)O1. The second kappa shape index (κ2) is 13.5. The summed E-state index contributed by atoms with van der Waals surface area (Å²) < 4.78 is 16.6. The standard InChI is InChI=1S/C28H36BN3O7/c1-18(2)13-20(29-38-24(27(36)39-29)16-25(34)37-28(3,4)5)15-23(33)21(14-19-9-7-6-8-10-19)32-26(35)22-17-30-11-12-31-22/h6-12,17-18,20-21,24H,13-16H2,1-5H3,(H,32,35)/t20-,21+,24+/m1/s1. The Balaban J connectivity index is 1.74. The van der Waals surface area contributed by atoms with Gasteiger partial charge in [0.05, 0.1) is 18.7 Å². The molecule has 208 valence electrons. The van der Waals surface area contributed by atoms with Gasteiger partial charge in [0.1, 0.15) is 11.3 Å². The summed E-state index contributed by atoms with van der Waals surface area (Å²) in [7, 11) is -0.996. The van der Waals surface area contributed by atoms with Crippen molar-refractivity contribution in [3.05, 3.63) is 60.2 Å². The van der Waals surface area contributed by atoms with E-state index in [9.17, 15) is 19.2 Å². The van der Waals surface area contributed by atoms with Crippen molar-refractivity contribution in [1.82, 2.24) is 15.3 Å². The molecule has 0 unspecified atom stereocenters. The highest BCUT2D eigenvalue weighted by molar-refractivity contribution is 6.51. The average molecular weight is 537 g/mol. The molecule has 0 saturated carbocycles. The van der Waals surface area contributed by atoms with Crippen LogP contribution in [0.4, 0.5) is 0 Å². The number of hydrogen-bond acceptors (Lipinski definition) is 9. The monoisotopic (exact) mass is 537 g/mol. The van der Waals surface area contributed by atoms with Crippen LogP contribution in [0.15, 0.2) is 48.9 Å². The zero-order valence-electron chi connectivity index (χ0n) is 23.1. The topological polar surface area (TPSA) is 134 Å². The number of esters is 1. The first-order chi connectivity index (χ1) is 18.4. The first kappa shape index (κ1) is 30.0. The molecule has 2 heterocycles. The van der Waals surface area contributed by atoms with Crippen molar-refractivity contribution in [2.45, 2.75) is 83.9 Å². The van der Waals surface area contributed by atoms with Gasteiger partial charge in [-0.1, -0.05) is 44.2 Å². The van der Waals surface area contributed by atoms with E-state index in [-0.39, 0.29) is 36.7 Å². The lowest BCUT2D eigenvalue weighted by Crippen LogP contribution is -2.44. The van der Waals surface area contributed by atoms with Gasteiger partial charge in [-0.25, -0.2) is 4.98 Å². The van der Waals surface area contributed by atoms with Crippen molar-refractivity contribution in [1.29, 1.82) is 0 Å². The summed E-state index contributed by atoms with van der Waals surface area (Å²) in [5.74, 6) is -2.30. The second-order valence-electron chi connectivity index (χ2n) is 11.1. The summed E-state index contributed by atoms with van der Waals surface area (Å²) >= 11 is 0. The number of benzene rings is 1. The van der Waals surface area contributed by atoms with Crippen LogP contribution in [0.3, 0.4) is 0 Å². The Morgan fingerprint density at radius 3 is 2.46 bits per heavy atom. The summed E-state index contributed by atoms with van der Waals surface area (Å²) in [4.78, 5) is 59.2. The van der Waals surface area contributed by atoms with Crippen molar-refractivity contribution < 1.29 is 33.2 Å². The predicted molar refractivity (Wildman–Crippen MR) is 143 cm³/mol. The molecule has 10 nitrogen and oxygen atoms in total. The van der Waals surface area contributed by atoms with Gasteiger partial charge in [-0.2, -0.15) is 0 Å². The molecule has 1 amide bonds. The first-order valence-electron chi connectivity index (χ1n) is 13.1. The highest BCUT2D eigenvalue weighted by Gasteiger charge is 2.47. The highest BCUT2D eigenvalue weighted by Crippen LogP contribution is 2.32. The molecule has 1 saturated heterocycles. The van der Waals surface area contributed by atoms with Crippen molar-refractivity contribution in [3.63, 3.8) is 0 Å². The molecular weight excluding hydrogens is 501 g/mol. The number of ether oxygens (including phenoxy) is 1. The van der Waals surface area contributed by atoms with Crippen molar-refractivity contribution in [2.24, 2.45) is 5.92 Å². The van der Waals surface area contributed by atoms with Crippen LogP contribution in [0.25, 0.3) is 0 Å². The molecular formula is C28H36BN3O7. The van der Waals surface area contributed by atoms with Gasteiger partial charge in [-0.05, 0) is 45.1 Å². The predicted octanol–water partition coefficient (Wildman–Crippen LogP) is 3.36. The van der Waals surface area contributed by atoms with Gasteiger partial charge >= 0.3 is 19.1 Å². The molecule has 0 spiro atoms. The Morgan fingerprint density at radius 1 is 1.13 bits per heavy atom. The van der Waals surface area contributed by atoms with Crippen molar-refractivity contribution in [2.75, 3.05) is 0 Å². The maximum Gasteiger partial charge on any atom is 0.531 e. The van der Waals surface area contributed by atoms with E-state index in [4.69, 9.17) is 14.0 Å². The molecule has 11 heteroatoms. The third kappa shape index (κ3) is 9.58. The summed E-state index contributed by atoms with van der Waals surface area (Å²) in [6.45, 7) is 9.19. The third-order valence-electron chi connectivity index (χ3n) is 5.96. The Labute approximate surface area is 229 Å². The molecule has 2 aromatic rings. The fraction of sp³-hybridized carbons (Fsp3) is 0.500. The number of nitrogens with one attached hydrogen (secondary N) is 1. The normalized spacial score (nSPS) is 16.9. The zero-order chi connectivity index (χ0) is 28.6. The van der Waals surface area contributed by atoms with E-state index in [0.717, 1.165) is 5.56 Å². The first-order valence-corrected chi connectivity index (χ1v) is 13.1. The second-order valence-corrected chi connectivity index (χ2v) is 11.1. The Morgan fingerprint density at radius 2 is 1.85 bits per heavy atom. The van der Waals surface area contributed by atoms with Crippen LogP contribution >= 0.6 is 0 Å². The van der Waals surface area contributed by atoms with Crippen LogP contribution in [0.5, 0.6) is 0 Å². The number of carbonyl (C=O) groups is 4. The van der Waals surface area contributed by atoms with Gasteiger partial charge in [0.25, 0.3) is 5.91 Å². The number of Topliss-reactive ketones (excluding diaryl/α,β-unsaturated/α-hetero) is 1. The molecule has 1 fully saturated rings.